The zero-order valence-electron chi connectivity index (χ0n) is 26.9. The SMILES string of the molecule is C.C.C.C.CC.CC.CC.CC.CS(=O)(=O)[O-].CS(=O)(=O)[O-].CS(C)(=O)=O.c1ccccc1.c1ccccc1.c1ccccc1. The van der Waals surface area contributed by atoms with Crippen molar-refractivity contribution in [3.05, 3.63) is 109 Å². The van der Waals surface area contributed by atoms with Gasteiger partial charge in [0.15, 0.2) is 0 Å². The number of rotatable bonds is 0. The maximum Gasteiger partial charge on any atom is 0.144 e. The Hall–Kier alpha value is -2.57. The van der Waals surface area contributed by atoms with Crippen LogP contribution >= 0.6 is 0 Å². The lowest BCUT2D eigenvalue weighted by Crippen LogP contribution is -1.88. The molecular weight excluding hydrogens is 633 g/mol. The van der Waals surface area contributed by atoms with E-state index in [-0.39, 0.29) is 29.7 Å². The Kier molecular flexibility index (Phi) is 99.3. The molecule has 0 heterocycles. The molecule has 3 aromatic rings. The summed E-state index contributed by atoms with van der Waals surface area (Å²) in [5.74, 6) is 0. The normalized spacial score (nSPS) is 7.60. The fourth-order valence-corrected chi connectivity index (χ4v) is 1.15. The maximum atomic E-state index is 9.63. The lowest BCUT2D eigenvalue weighted by molar-refractivity contribution is 0.468. The van der Waals surface area contributed by atoms with Gasteiger partial charge in [-0.1, -0.05) is 194 Å². The molecule has 0 aliphatic heterocycles. The first-order valence-corrected chi connectivity index (χ1v) is 18.9. The average molecular weight is 703 g/mol. The third-order valence-electron chi connectivity index (χ3n) is 2.00. The molecule has 3 aromatic carbocycles. The van der Waals surface area contributed by atoms with Crippen LogP contribution in [0.1, 0.15) is 85.1 Å². The molecule has 45 heavy (non-hydrogen) atoms. The summed E-state index contributed by atoms with van der Waals surface area (Å²) in [6.07, 6.45) is 3.53. The fourth-order valence-electron chi connectivity index (χ4n) is 1.15. The molecule has 0 fully saturated rings. The van der Waals surface area contributed by atoms with Crippen LogP contribution in [0.2, 0.25) is 0 Å². The van der Waals surface area contributed by atoms with Gasteiger partial charge in [0.05, 0.1) is 20.2 Å². The summed E-state index contributed by atoms with van der Waals surface area (Å²) in [5, 5.41) is 0. The van der Waals surface area contributed by atoms with E-state index in [9.17, 15) is 8.42 Å². The molecule has 0 saturated carbocycles. The zero-order valence-corrected chi connectivity index (χ0v) is 29.3. The molecule has 274 valence electrons. The predicted octanol–water partition coefficient (Wildman–Crippen LogP) is 9.69. The second-order valence-electron chi connectivity index (χ2n) is 6.02. The second kappa shape index (κ2) is 60.6. The van der Waals surface area contributed by atoms with Gasteiger partial charge < -0.3 is 9.11 Å². The fraction of sp³-hybridized carbons (Fsp3) is 0.471. The van der Waals surface area contributed by atoms with E-state index in [1.165, 1.54) is 0 Å². The number of hydrogen-bond acceptors (Lipinski definition) is 8. The van der Waals surface area contributed by atoms with Gasteiger partial charge in [0.1, 0.15) is 9.84 Å². The van der Waals surface area contributed by atoms with Gasteiger partial charge in [-0.25, -0.2) is 25.3 Å². The Morgan fingerprint density at radius 1 is 0.289 bits per heavy atom. The molecule has 0 saturated heterocycles. The molecule has 11 heteroatoms. The summed E-state index contributed by atoms with van der Waals surface area (Å²) >= 11 is 0. The molecule has 8 nitrogen and oxygen atoms in total. The highest BCUT2D eigenvalue weighted by Gasteiger charge is 1.79. The molecule has 3 rings (SSSR count). The van der Waals surface area contributed by atoms with Crippen LogP contribution in [0, 0.1) is 0 Å². The summed E-state index contributed by atoms with van der Waals surface area (Å²) < 4.78 is 73.7. The Morgan fingerprint density at radius 3 is 0.333 bits per heavy atom. The van der Waals surface area contributed by atoms with E-state index < -0.39 is 30.1 Å². The van der Waals surface area contributed by atoms with Crippen molar-refractivity contribution in [2.24, 2.45) is 0 Å². The predicted molar refractivity (Wildman–Crippen MR) is 204 cm³/mol. The second-order valence-corrected chi connectivity index (χ2v) is 11.1. The van der Waals surface area contributed by atoms with Gasteiger partial charge >= 0.3 is 0 Å². The maximum absolute atomic E-state index is 9.63. The van der Waals surface area contributed by atoms with Crippen molar-refractivity contribution in [3.8, 4) is 0 Å². The topological polar surface area (TPSA) is 149 Å². The van der Waals surface area contributed by atoms with Crippen LogP contribution in [0.4, 0.5) is 0 Å². The van der Waals surface area contributed by atoms with Gasteiger partial charge in [-0.15, -0.1) is 0 Å². The molecule has 0 aliphatic carbocycles. The first-order valence-electron chi connectivity index (χ1n) is 13.0. The van der Waals surface area contributed by atoms with Crippen molar-refractivity contribution in [3.63, 3.8) is 0 Å². The van der Waals surface area contributed by atoms with E-state index in [0.717, 1.165) is 12.5 Å². The highest BCUT2D eigenvalue weighted by Crippen LogP contribution is 1.81. The van der Waals surface area contributed by atoms with E-state index in [4.69, 9.17) is 25.9 Å². The van der Waals surface area contributed by atoms with Crippen molar-refractivity contribution in [2.45, 2.75) is 85.1 Å². The molecule has 0 unspecified atom stereocenters. The molecule has 0 aliphatic rings. The molecule has 0 radical (unpaired) electrons. The van der Waals surface area contributed by atoms with Crippen molar-refractivity contribution in [2.75, 3.05) is 25.0 Å². The standard InChI is InChI=1S/3C6H6.C2H6O2S.4C2H6.2CH4O3S.4CH4/c3*1-2-4-6-5-3-1;1-5(2,3)4;4*1-2;2*1-5(2,3)4;;;;/h3*1-6H;1-2H3;4*1-2H3;2*1H3,(H,2,3,4);4*1H4/p-2. The molecule has 0 bridgehead atoms. The van der Waals surface area contributed by atoms with E-state index in [0.29, 0.717) is 12.5 Å². The van der Waals surface area contributed by atoms with Crippen molar-refractivity contribution < 1.29 is 34.4 Å². The smallest absolute Gasteiger partial charge is 0.144 e. The molecule has 0 spiro atoms. The quantitative estimate of drug-likeness (QED) is 0.210. The Morgan fingerprint density at radius 2 is 0.311 bits per heavy atom. The van der Waals surface area contributed by atoms with E-state index in [2.05, 4.69) is 0 Å². The lowest BCUT2D eigenvalue weighted by atomic mass is 10.4. The summed E-state index contributed by atoms with van der Waals surface area (Å²) in [4.78, 5) is 0. The van der Waals surface area contributed by atoms with Crippen LogP contribution < -0.4 is 0 Å². The summed E-state index contributed by atoms with van der Waals surface area (Å²) in [6.45, 7) is 16.0. The lowest BCUT2D eigenvalue weighted by Gasteiger charge is -1.90. The Labute approximate surface area is 282 Å². The van der Waals surface area contributed by atoms with Gasteiger partial charge in [-0.3, -0.25) is 0 Å². The Bertz CT molecular complexity index is 842. The minimum absolute atomic E-state index is 0. The van der Waals surface area contributed by atoms with E-state index >= 15 is 0 Å². The largest absolute Gasteiger partial charge is 0.748 e. The van der Waals surface area contributed by atoms with Gasteiger partial charge in [-0.2, -0.15) is 0 Å². The van der Waals surface area contributed by atoms with Gasteiger partial charge in [0, 0.05) is 25.0 Å². The monoisotopic (exact) mass is 702 g/mol. The van der Waals surface area contributed by atoms with Crippen LogP contribution in [-0.2, 0) is 30.1 Å². The molecule has 0 atom stereocenters. The molecule has 0 amide bonds. The number of sulfone groups is 1. The molecular formula is C34H70O8S3-2. The minimum atomic E-state index is -3.92. The highest BCUT2D eigenvalue weighted by molar-refractivity contribution is 7.89. The van der Waals surface area contributed by atoms with Crippen LogP contribution in [-0.4, -0.2) is 59.4 Å². The minimum Gasteiger partial charge on any atom is -0.748 e. The highest BCUT2D eigenvalue weighted by atomic mass is 32.2. The van der Waals surface area contributed by atoms with E-state index in [1.54, 1.807) is 0 Å². The third-order valence-corrected chi connectivity index (χ3v) is 2.00. The first kappa shape index (κ1) is 73.7. The summed E-state index contributed by atoms with van der Waals surface area (Å²) in [7, 11) is -10.5. The van der Waals surface area contributed by atoms with Crippen LogP contribution in [0.3, 0.4) is 0 Å². The van der Waals surface area contributed by atoms with Crippen LogP contribution in [0.25, 0.3) is 0 Å². The molecule has 0 aromatic heterocycles. The van der Waals surface area contributed by atoms with Gasteiger partial charge in [-0.05, 0) is 0 Å². The van der Waals surface area contributed by atoms with Crippen molar-refractivity contribution >= 4 is 30.1 Å². The Balaban J connectivity index is -0.0000000323. The van der Waals surface area contributed by atoms with Crippen molar-refractivity contribution in [1.82, 2.24) is 0 Å². The van der Waals surface area contributed by atoms with Crippen LogP contribution in [0.5, 0.6) is 0 Å². The van der Waals surface area contributed by atoms with E-state index in [1.807, 2.05) is 165 Å². The van der Waals surface area contributed by atoms with Gasteiger partial charge in [0.2, 0.25) is 0 Å². The number of benzene rings is 3. The number of hydrogen-bond donors (Lipinski definition) is 0. The van der Waals surface area contributed by atoms with Crippen LogP contribution in [0.15, 0.2) is 109 Å². The third kappa shape index (κ3) is 271. The summed E-state index contributed by atoms with van der Waals surface area (Å²) in [6, 6.07) is 36.0. The average Bonchev–Trinajstić information content (AvgIpc) is 2.94. The summed E-state index contributed by atoms with van der Waals surface area (Å²) in [5.41, 5.74) is 0. The van der Waals surface area contributed by atoms with Gasteiger partial charge in [0.25, 0.3) is 0 Å². The molecule has 0 N–H and O–H groups in total. The van der Waals surface area contributed by atoms with Crippen molar-refractivity contribution in [1.29, 1.82) is 0 Å². The first-order chi connectivity index (χ1) is 19.0. The zero-order chi connectivity index (χ0) is 34.2.